The average Bonchev–Trinajstić information content (AvgIpc) is 2.29. The minimum Gasteiger partial charge on any atom is -0.342 e. The van der Waals surface area contributed by atoms with Gasteiger partial charge in [0.25, 0.3) is 5.97 Å². The molecule has 6 nitrogen and oxygen atoms in total. The van der Waals surface area contributed by atoms with Crippen molar-refractivity contribution in [1.82, 2.24) is 0 Å². The summed E-state index contributed by atoms with van der Waals surface area (Å²) < 4.78 is 24.8. The normalized spacial score (nSPS) is 20.8. The summed E-state index contributed by atoms with van der Waals surface area (Å²) in [6.07, 6.45) is 2.73. The van der Waals surface area contributed by atoms with Gasteiger partial charge in [0.2, 0.25) is 0 Å². The van der Waals surface area contributed by atoms with Crippen molar-refractivity contribution >= 4 is 10.3 Å². The van der Waals surface area contributed by atoms with Gasteiger partial charge >= 0.3 is 10.3 Å². The second kappa shape index (κ2) is 3.50. The van der Waals surface area contributed by atoms with Crippen LogP contribution in [0.3, 0.4) is 0 Å². The number of rotatable bonds is 3. The fourth-order valence-corrected chi connectivity index (χ4v) is 2.02. The van der Waals surface area contributed by atoms with Crippen LogP contribution in [0, 0.1) is 5.92 Å². The average molecular weight is 211 g/mol. The maximum absolute atomic E-state index is 10.4. The molecule has 0 aliphatic heterocycles. The summed E-state index contributed by atoms with van der Waals surface area (Å²) in [7, 11) is -4.32. The zero-order valence-electron chi connectivity index (χ0n) is 7.01. The highest BCUT2D eigenvalue weighted by Gasteiger charge is 2.41. The van der Waals surface area contributed by atoms with Gasteiger partial charge in [0.15, 0.2) is 0 Å². The molecule has 7 heteroatoms. The van der Waals surface area contributed by atoms with E-state index in [0.29, 0.717) is 12.8 Å². The highest BCUT2D eigenvalue weighted by Crippen LogP contribution is 2.33. The van der Waals surface area contributed by atoms with Crippen molar-refractivity contribution in [3.8, 4) is 0 Å². The monoisotopic (exact) mass is 211 g/mol. The molecular formula is C6H13NO5S. The smallest absolute Gasteiger partial charge is 0.337 e. The summed E-state index contributed by atoms with van der Waals surface area (Å²) in [6.45, 7) is 0. The molecule has 0 heterocycles. The van der Waals surface area contributed by atoms with Crippen molar-refractivity contribution < 1.29 is 22.8 Å². The Morgan fingerprint density at radius 3 is 2.15 bits per heavy atom. The molecule has 0 spiro atoms. The predicted molar refractivity (Wildman–Crippen MR) is 43.3 cm³/mol. The lowest BCUT2D eigenvalue weighted by atomic mass is 10.1. The quantitative estimate of drug-likeness (QED) is 0.520. The van der Waals surface area contributed by atoms with E-state index >= 15 is 0 Å². The van der Waals surface area contributed by atoms with Crippen molar-refractivity contribution in [3.63, 3.8) is 0 Å². The molecule has 13 heavy (non-hydrogen) atoms. The van der Waals surface area contributed by atoms with Crippen LogP contribution in [0.25, 0.3) is 0 Å². The lowest BCUT2D eigenvalue weighted by Crippen LogP contribution is -2.43. The molecule has 0 unspecified atom stereocenters. The van der Waals surface area contributed by atoms with Crippen molar-refractivity contribution in [3.05, 3.63) is 0 Å². The van der Waals surface area contributed by atoms with Crippen LogP contribution in [0.5, 0.6) is 0 Å². The zero-order valence-corrected chi connectivity index (χ0v) is 7.83. The molecule has 4 N–H and O–H groups in total. The Morgan fingerprint density at radius 1 is 1.31 bits per heavy atom. The Balaban J connectivity index is 2.64. The van der Waals surface area contributed by atoms with Gasteiger partial charge in [-0.2, -0.15) is 12.6 Å². The van der Waals surface area contributed by atoms with Crippen LogP contribution < -0.4 is 5.14 Å². The van der Waals surface area contributed by atoms with Gasteiger partial charge in [0, 0.05) is 5.92 Å². The molecule has 78 valence electrons. The summed E-state index contributed by atoms with van der Waals surface area (Å²) in [5, 5.41) is 23.0. The summed E-state index contributed by atoms with van der Waals surface area (Å²) in [5.41, 5.74) is 0. The van der Waals surface area contributed by atoms with Gasteiger partial charge in [0.05, 0.1) is 0 Å². The van der Waals surface area contributed by atoms with E-state index in [2.05, 4.69) is 9.32 Å². The Labute approximate surface area is 76.6 Å². The summed E-state index contributed by atoms with van der Waals surface area (Å²) in [5.74, 6) is -3.23. The molecule has 0 bridgehead atoms. The van der Waals surface area contributed by atoms with Gasteiger partial charge in [-0.3, -0.25) is 0 Å². The standard InChI is InChI=1S/C6H13NO5S/c7-13(10,11)12-6(8,9)5-3-1-2-4-5/h5,8-9H,1-4H2,(H2,7,10,11). The topological polar surface area (TPSA) is 110 Å². The maximum Gasteiger partial charge on any atom is 0.337 e. The molecular weight excluding hydrogens is 198 g/mol. The van der Waals surface area contributed by atoms with Crippen LogP contribution in [0.4, 0.5) is 0 Å². The molecule has 0 atom stereocenters. The summed E-state index contributed by atoms with van der Waals surface area (Å²) in [6, 6.07) is 0. The van der Waals surface area contributed by atoms with E-state index in [-0.39, 0.29) is 0 Å². The maximum atomic E-state index is 10.4. The molecule has 1 aliphatic carbocycles. The fourth-order valence-electron chi connectivity index (χ4n) is 1.54. The van der Waals surface area contributed by atoms with Crippen LogP contribution in [-0.4, -0.2) is 24.6 Å². The molecule has 1 saturated carbocycles. The lowest BCUT2D eigenvalue weighted by Gasteiger charge is -2.25. The van der Waals surface area contributed by atoms with Crippen molar-refractivity contribution in [2.75, 3.05) is 0 Å². The minimum atomic E-state index is -4.32. The first-order chi connectivity index (χ1) is 5.81. The van der Waals surface area contributed by atoms with E-state index in [9.17, 15) is 18.6 Å². The molecule has 1 aliphatic rings. The first-order valence-corrected chi connectivity index (χ1v) is 5.46. The first-order valence-electron chi connectivity index (χ1n) is 3.99. The molecule has 0 radical (unpaired) electrons. The van der Waals surface area contributed by atoms with Gasteiger partial charge in [-0.05, 0) is 12.8 Å². The molecule has 0 aromatic rings. The largest absolute Gasteiger partial charge is 0.342 e. The number of hydrogen-bond acceptors (Lipinski definition) is 5. The highest BCUT2D eigenvalue weighted by molar-refractivity contribution is 7.84. The fraction of sp³-hybridized carbons (Fsp3) is 1.00. The predicted octanol–water partition coefficient (Wildman–Crippen LogP) is -0.965. The van der Waals surface area contributed by atoms with Gasteiger partial charge in [-0.15, -0.1) is 0 Å². The highest BCUT2D eigenvalue weighted by atomic mass is 32.2. The SMILES string of the molecule is NS(=O)(=O)OC(O)(O)C1CCCC1. The Kier molecular flexibility index (Phi) is 2.93. The van der Waals surface area contributed by atoms with E-state index in [1.165, 1.54) is 0 Å². The summed E-state index contributed by atoms with van der Waals surface area (Å²) in [4.78, 5) is 0. The number of nitrogens with two attached hydrogens (primary N) is 1. The Bertz CT molecular complexity index is 267. The Morgan fingerprint density at radius 2 is 1.77 bits per heavy atom. The third-order valence-corrected chi connectivity index (χ3v) is 2.60. The molecule has 1 fully saturated rings. The van der Waals surface area contributed by atoms with Gasteiger partial charge in [-0.25, -0.2) is 5.14 Å². The van der Waals surface area contributed by atoms with E-state index in [4.69, 9.17) is 0 Å². The Hall–Kier alpha value is -0.210. The van der Waals surface area contributed by atoms with Crippen LogP contribution in [-0.2, 0) is 14.5 Å². The summed E-state index contributed by atoms with van der Waals surface area (Å²) >= 11 is 0. The number of aliphatic hydroxyl groups is 2. The van der Waals surface area contributed by atoms with Crippen LogP contribution in [0.2, 0.25) is 0 Å². The first kappa shape index (κ1) is 10.9. The lowest BCUT2D eigenvalue weighted by molar-refractivity contribution is -0.320. The van der Waals surface area contributed by atoms with E-state index in [1.54, 1.807) is 0 Å². The molecule has 0 amide bonds. The van der Waals surface area contributed by atoms with Crippen LogP contribution in [0.15, 0.2) is 0 Å². The van der Waals surface area contributed by atoms with Gasteiger partial charge in [0.1, 0.15) is 0 Å². The van der Waals surface area contributed by atoms with E-state index in [0.717, 1.165) is 12.8 Å². The van der Waals surface area contributed by atoms with Crippen molar-refractivity contribution in [2.45, 2.75) is 31.7 Å². The zero-order chi connectivity index (χ0) is 10.1. The van der Waals surface area contributed by atoms with Gasteiger partial charge in [-0.1, -0.05) is 12.8 Å². The third kappa shape index (κ3) is 3.20. The molecule has 1 rings (SSSR count). The van der Waals surface area contributed by atoms with Crippen LogP contribution in [0.1, 0.15) is 25.7 Å². The van der Waals surface area contributed by atoms with Crippen LogP contribution >= 0.6 is 0 Å². The minimum absolute atomic E-state index is 0.530. The molecule has 0 aromatic carbocycles. The third-order valence-electron chi connectivity index (χ3n) is 2.13. The second-order valence-corrected chi connectivity index (χ2v) is 4.37. The van der Waals surface area contributed by atoms with E-state index in [1.807, 2.05) is 0 Å². The molecule has 0 aromatic heterocycles. The van der Waals surface area contributed by atoms with Gasteiger partial charge < -0.3 is 10.2 Å². The number of hydrogen-bond donors (Lipinski definition) is 3. The molecule has 0 saturated heterocycles. The second-order valence-electron chi connectivity index (χ2n) is 3.22. The van der Waals surface area contributed by atoms with E-state index < -0.39 is 22.2 Å². The van der Waals surface area contributed by atoms with Crippen molar-refractivity contribution in [2.24, 2.45) is 11.1 Å². The van der Waals surface area contributed by atoms with Crippen molar-refractivity contribution in [1.29, 1.82) is 0 Å².